The van der Waals surface area contributed by atoms with Gasteiger partial charge in [-0.3, -0.25) is 4.79 Å². The van der Waals surface area contributed by atoms with E-state index in [4.69, 9.17) is 0 Å². The van der Waals surface area contributed by atoms with Gasteiger partial charge in [0.05, 0.1) is 5.75 Å². The van der Waals surface area contributed by atoms with Crippen LogP contribution >= 0.6 is 12.6 Å². The molecule has 0 unspecified atom stereocenters. The highest BCUT2D eigenvalue weighted by Crippen LogP contribution is 1.86. The Labute approximate surface area is 72.4 Å². The summed E-state index contributed by atoms with van der Waals surface area (Å²) in [6.07, 6.45) is 0. The Morgan fingerprint density at radius 1 is 1.36 bits per heavy atom. The standard InChI is InChI=1S/C8H8NOS/c1-3-5-9(6-4-2)8(10)7-11/h7H2,1-2H3. The smallest absolute Gasteiger partial charge is 0.256 e. The zero-order valence-electron chi connectivity index (χ0n) is 6.47. The van der Waals surface area contributed by atoms with Gasteiger partial charge < -0.3 is 0 Å². The molecule has 0 spiro atoms. The van der Waals surface area contributed by atoms with Gasteiger partial charge in [-0.2, -0.15) is 4.90 Å². The van der Waals surface area contributed by atoms with Gasteiger partial charge in [-0.25, -0.2) is 0 Å². The first kappa shape index (κ1) is 9.94. The summed E-state index contributed by atoms with van der Waals surface area (Å²) >= 11 is 4.55. The van der Waals surface area contributed by atoms with Crippen molar-refractivity contribution in [3.63, 3.8) is 0 Å². The second-order valence-electron chi connectivity index (χ2n) is 1.60. The average Bonchev–Trinajstić information content (AvgIpc) is 2.03. The molecule has 0 aliphatic rings. The van der Waals surface area contributed by atoms with E-state index in [9.17, 15) is 4.79 Å². The van der Waals surface area contributed by atoms with E-state index in [0.29, 0.717) is 0 Å². The maximum absolute atomic E-state index is 10.9. The van der Waals surface area contributed by atoms with E-state index in [-0.39, 0.29) is 11.7 Å². The van der Waals surface area contributed by atoms with Crippen LogP contribution < -0.4 is 0 Å². The van der Waals surface area contributed by atoms with Crippen LogP contribution in [0.25, 0.3) is 0 Å². The van der Waals surface area contributed by atoms with E-state index in [1.54, 1.807) is 13.8 Å². The van der Waals surface area contributed by atoms with Crippen molar-refractivity contribution in [1.82, 2.24) is 4.90 Å². The van der Waals surface area contributed by atoms with Crippen LogP contribution in [0, 0.1) is 23.9 Å². The van der Waals surface area contributed by atoms with E-state index in [2.05, 4.69) is 36.6 Å². The lowest BCUT2D eigenvalue weighted by Gasteiger charge is -2.02. The van der Waals surface area contributed by atoms with Crippen LogP contribution in [0.2, 0.25) is 0 Å². The Hall–Kier alpha value is -1.06. The van der Waals surface area contributed by atoms with Crippen LogP contribution in [-0.4, -0.2) is 16.6 Å². The molecule has 11 heavy (non-hydrogen) atoms. The molecule has 0 atom stereocenters. The van der Waals surface area contributed by atoms with Gasteiger partial charge in [0.25, 0.3) is 5.91 Å². The van der Waals surface area contributed by atoms with Crippen LogP contribution in [0.3, 0.4) is 0 Å². The monoisotopic (exact) mass is 166 g/mol. The van der Waals surface area contributed by atoms with Gasteiger partial charge in [0.15, 0.2) is 0 Å². The Balaban J connectivity index is 4.38. The summed E-state index contributed by atoms with van der Waals surface area (Å²) < 4.78 is 0. The minimum atomic E-state index is -0.247. The van der Waals surface area contributed by atoms with E-state index < -0.39 is 0 Å². The van der Waals surface area contributed by atoms with Crippen LogP contribution in [0.1, 0.15) is 13.8 Å². The second kappa shape index (κ2) is 5.70. The number of carbonyl (C=O) groups is 1. The van der Waals surface area contributed by atoms with Gasteiger partial charge in [0.1, 0.15) is 0 Å². The maximum atomic E-state index is 10.9. The molecule has 0 bridgehead atoms. The van der Waals surface area contributed by atoms with Crippen molar-refractivity contribution in [2.45, 2.75) is 13.8 Å². The molecule has 0 fully saturated rings. The van der Waals surface area contributed by atoms with Gasteiger partial charge in [0, 0.05) is 12.1 Å². The highest BCUT2D eigenvalue weighted by atomic mass is 32.1. The number of amides is 1. The Bertz CT molecular complexity index is 231. The molecule has 0 saturated carbocycles. The molecule has 57 valence electrons. The SMILES string of the molecule is CC#CN(C#CC)C(=O)C[S]. The third-order valence-electron chi connectivity index (χ3n) is 0.820. The molecular formula is C8H8NOS. The molecule has 0 N–H and O–H groups in total. The predicted octanol–water partition coefficient (Wildman–Crippen LogP) is 0.974. The number of rotatable bonds is 1. The Kier molecular flexibility index (Phi) is 5.15. The van der Waals surface area contributed by atoms with Crippen molar-refractivity contribution in [2.24, 2.45) is 0 Å². The van der Waals surface area contributed by atoms with Crippen LogP contribution in [0.4, 0.5) is 0 Å². The minimum Gasteiger partial charge on any atom is -0.272 e. The fraction of sp³-hybridized carbons (Fsp3) is 0.375. The maximum Gasteiger partial charge on any atom is 0.256 e. The molecule has 0 aromatic rings. The molecule has 1 radical (unpaired) electrons. The van der Waals surface area contributed by atoms with E-state index in [1.165, 1.54) is 0 Å². The number of nitrogens with zero attached hydrogens (tertiary/aromatic N) is 1. The summed E-state index contributed by atoms with van der Waals surface area (Å²) in [5.41, 5.74) is 0. The van der Waals surface area contributed by atoms with E-state index in [0.717, 1.165) is 4.90 Å². The lowest BCUT2D eigenvalue weighted by atomic mass is 10.6. The molecule has 0 aliphatic carbocycles. The second-order valence-corrected chi connectivity index (χ2v) is 1.89. The molecule has 3 heteroatoms. The molecular weight excluding hydrogens is 158 g/mol. The Morgan fingerprint density at radius 3 is 2.09 bits per heavy atom. The van der Waals surface area contributed by atoms with Crippen molar-refractivity contribution >= 4 is 18.5 Å². The van der Waals surface area contributed by atoms with Crippen molar-refractivity contribution < 1.29 is 4.79 Å². The normalized spacial score (nSPS) is 6.82. The number of hydrogen-bond acceptors (Lipinski definition) is 1. The summed E-state index contributed by atoms with van der Waals surface area (Å²) in [7, 11) is 0. The zero-order valence-corrected chi connectivity index (χ0v) is 7.29. The Morgan fingerprint density at radius 2 is 1.82 bits per heavy atom. The van der Waals surface area contributed by atoms with Crippen molar-refractivity contribution in [1.29, 1.82) is 0 Å². The molecule has 0 heterocycles. The van der Waals surface area contributed by atoms with Gasteiger partial charge in [-0.05, 0) is 13.8 Å². The summed E-state index contributed by atoms with van der Waals surface area (Å²) in [5, 5.41) is 0. The topological polar surface area (TPSA) is 20.3 Å². The largest absolute Gasteiger partial charge is 0.272 e. The lowest BCUT2D eigenvalue weighted by molar-refractivity contribution is -0.122. The average molecular weight is 166 g/mol. The fourth-order valence-corrected chi connectivity index (χ4v) is 0.570. The summed E-state index contributed by atoms with van der Waals surface area (Å²) in [5.74, 6) is 4.92. The predicted molar refractivity (Wildman–Crippen MR) is 46.2 cm³/mol. The highest BCUT2D eigenvalue weighted by molar-refractivity contribution is 7.81. The molecule has 0 saturated heterocycles. The van der Waals surface area contributed by atoms with E-state index >= 15 is 0 Å². The number of hydrogen-bond donors (Lipinski definition) is 0. The zero-order chi connectivity index (χ0) is 8.69. The van der Waals surface area contributed by atoms with E-state index in [1.807, 2.05) is 0 Å². The van der Waals surface area contributed by atoms with Crippen LogP contribution in [0.5, 0.6) is 0 Å². The fourth-order valence-electron chi connectivity index (χ4n) is 0.441. The van der Waals surface area contributed by atoms with Gasteiger partial charge >= 0.3 is 0 Å². The summed E-state index contributed by atoms with van der Waals surface area (Å²) in [4.78, 5) is 12.0. The molecule has 2 nitrogen and oxygen atoms in total. The third kappa shape index (κ3) is 3.60. The van der Waals surface area contributed by atoms with Gasteiger partial charge in [-0.1, -0.05) is 24.5 Å². The van der Waals surface area contributed by atoms with Crippen molar-refractivity contribution in [3.05, 3.63) is 0 Å². The molecule has 0 aromatic heterocycles. The van der Waals surface area contributed by atoms with Gasteiger partial charge in [0.2, 0.25) is 0 Å². The quantitative estimate of drug-likeness (QED) is 0.420. The third-order valence-corrected chi connectivity index (χ3v) is 1.07. The van der Waals surface area contributed by atoms with Crippen molar-refractivity contribution in [3.8, 4) is 23.9 Å². The summed E-state index contributed by atoms with van der Waals surface area (Å²) in [6, 6.07) is 5.06. The highest BCUT2D eigenvalue weighted by Gasteiger charge is 2.04. The van der Waals surface area contributed by atoms with Crippen molar-refractivity contribution in [2.75, 3.05) is 5.75 Å². The van der Waals surface area contributed by atoms with Crippen LogP contribution in [-0.2, 0) is 4.79 Å². The lowest BCUT2D eigenvalue weighted by Crippen LogP contribution is -2.22. The molecule has 1 amide bonds. The first-order chi connectivity index (χ1) is 5.26. The molecule has 0 aliphatic heterocycles. The minimum absolute atomic E-state index is 0.0172. The molecule has 0 aromatic carbocycles. The van der Waals surface area contributed by atoms with Gasteiger partial charge in [-0.15, -0.1) is 0 Å². The number of carbonyl (C=O) groups excluding carboxylic acids is 1. The first-order valence-corrected chi connectivity index (χ1v) is 3.59. The first-order valence-electron chi connectivity index (χ1n) is 3.02. The van der Waals surface area contributed by atoms with Crippen LogP contribution in [0.15, 0.2) is 0 Å². The molecule has 0 rings (SSSR count). The summed E-state index contributed by atoms with van der Waals surface area (Å²) in [6.45, 7) is 3.28.